The average molecular weight is 1010 g/mol. The molecule has 0 fully saturated rings. The van der Waals surface area contributed by atoms with E-state index in [-0.39, 0.29) is 55.1 Å². The SMILES string of the molecule is CCCP(N)OC(=O)NCCCCCC(=O)NC(CCCCNC(=O)C(CCCCNC(=O)CCCCCNC(=O)P(CCC)ON)NC(=O)CCCCCNC(=O)OP(N)CCC)C(N)=O. The summed E-state index contributed by atoms with van der Waals surface area (Å²) >= 11 is 0. The molecule has 0 radical (unpaired) electrons. The Bertz CT molecular complexity index is 1430. The lowest BCUT2D eigenvalue weighted by Gasteiger charge is -2.19. The van der Waals surface area contributed by atoms with Crippen LogP contribution in [0.2, 0.25) is 0 Å². The maximum absolute atomic E-state index is 13.3. The molecule has 67 heavy (non-hydrogen) atoms. The summed E-state index contributed by atoms with van der Waals surface area (Å²) in [5.74, 6) is 3.53. The largest absolute Gasteiger partial charge is 0.413 e. The van der Waals surface area contributed by atoms with Gasteiger partial charge in [0.1, 0.15) is 20.2 Å². The fourth-order valence-electron chi connectivity index (χ4n) is 6.33. The van der Waals surface area contributed by atoms with Crippen molar-refractivity contribution in [2.24, 2.45) is 22.6 Å². The lowest BCUT2D eigenvalue weighted by Crippen LogP contribution is -2.47. The van der Waals surface area contributed by atoms with Crippen LogP contribution in [-0.2, 0) is 37.6 Å². The van der Waals surface area contributed by atoms with Crippen molar-refractivity contribution in [1.82, 2.24) is 37.2 Å². The average Bonchev–Trinajstić information content (AvgIpc) is 3.27. The van der Waals surface area contributed by atoms with Crippen molar-refractivity contribution in [2.45, 2.75) is 168 Å². The van der Waals surface area contributed by atoms with E-state index in [1.165, 1.54) is 0 Å². The molecule has 0 aromatic carbocycles. The van der Waals surface area contributed by atoms with Gasteiger partial charge in [-0.2, -0.15) is 0 Å². The summed E-state index contributed by atoms with van der Waals surface area (Å²) in [5.41, 5.74) is 16.9. The van der Waals surface area contributed by atoms with E-state index >= 15 is 0 Å². The van der Waals surface area contributed by atoms with Gasteiger partial charge >= 0.3 is 12.2 Å². The lowest BCUT2D eigenvalue weighted by molar-refractivity contribution is -0.129. The quantitative estimate of drug-likeness (QED) is 0.0220. The Morgan fingerprint density at radius 2 is 0.881 bits per heavy atom. The molecule has 5 atom stereocenters. The Balaban J connectivity index is 4.82. The summed E-state index contributed by atoms with van der Waals surface area (Å²) in [6.45, 7) is 7.80. The van der Waals surface area contributed by atoms with Gasteiger partial charge in [-0.25, -0.2) is 15.5 Å². The molecule has 5 unspecified atom stereocenters. The first kappa shape index (κ1) is 63.5. The van der Waals surface area contributed by atoms with Gasteiger partial charge in [-0.3, -0.25) is 44.4 Å². The molecule has 0 aliphatic heterocycles. The fourth-order valence-corrected chi connectivity index (χ4v) is 9.04. The molecule has 0 bridgehead atoms. The Labute approximate surface area is 401 Å². The van der Waals surface area contributed by atoms with Crippen LogP contribution in [0.25, 0.3) is 0 Å². The van der Waals surface area contributed by atoms with Gasteiger partial charge in [0.25, 0.3) is 5.65 Å². The second kappa shape index (κ2) is 42.6. The van der Waals surface area contributed by atoms with E-state index in [2.05, 4.69) is 37.2 Å². The normalized spacial score (nSPS) is 13.2. The van der Waals surface area contributed by atoms with Crippen molar-refractivity contribution in [2.75, 3.05) is 51.2 Å². The number of nitrogens with two attached hydrogens (primary N) is 4. The van der Waals surface area contributed by atoms with Crippen LogP contribution in [0.5, 0.6) is 0 Å². The predicted octanol–water partition coefficient (Wildman–Crippen LogP) is 4.92. The molecule has 0 rings (SSSR count). The summed E-state index contributed by atoms with van der Waals surface area (Å²) in [5, 5.41) is 19.5. The number of carbonyl (C=O) groups is 8. The number of hydrogen-bond acceptors (Lipinski definition) is 14. The summed E-state index contributed by atoms with van der Waals surface area (Å²) in [7, 11) is -3.89. The number of carbonyl (C=O) groups excluding carboxylic acids is 8. The first-order chi connectivity index (χ1) is 32.2. The lowest BCUT2D eigenvalue weighted by atomic mass is 10.1. The molecule has 388 valence electrons. The second-order valence-electron chi connectivity index (χ2n) is 16.0. The molecule has 15 N–H and O–H groups in total. The van der Waals surface area contributed by atoms with Crippen LogP contribution in [0.4, 0.5) is 14.4 Å². The number of amides is 8. The summed E-state index contributed by atoms with van der Waals surface area (Å²) in [4.78, 5) is 99.0. The molecule has 0 spiro atoms. The van der Waals surface area contributed by atoms with Crippen molar-refractivity contribution in [3.63, 3.8) is 0 Å². The van der Waals surface area contributed by atoms with Crippen molar-refractivity contribution in [3.8, 4) is 0 Å². The maximum Gasteiger partial charge on any atom is 0.411 e. The summed E-state index contributed by atoms with van der Waals surface area (Å²) < 4.78 is 15.0. The highest BCUT2D eigenvalue weighted by Gasteiger charge is 2.22. The highest BCUT2D eigenvalue weighted by atomic mass is 31.2. The molecule has 8 amide bonds. The maximum atomic E-state index is 13.3. The Morgan fingerprint density at radius 1 is 0.478 bits per heavy atom. The van der Waals surface area contributed by atoms with E-state index in [4.69, 9.17) is 36.3 Å². The third-order valence-corrected chi connectivity index (χ3v) is 14.2. The van der Waals surface area contributed by atoms with Crippen molar-refractivity contribution in [3.05, 3.63) is 0 Å². The van der Waals surface area contributed by atoms with E-state index in [0.717, 1.165) is 32.1 Å². The Kier molecular flexibility index (Phi) is 40.4. The molecular weight excluding hydrogens is 927 g/mol. The number of unbranched alkanes of at least 4 members (excludes halogenated alkanes) is 8. The van der Waals surface area contributed by atoms with E-state index in [1.807, 2.05) is 20.8 Å². The standard InChI is InChI=1S/C42H84N11O11P3/c1-4-30-65(64-44)42(61)51-29-17-7-10-22-35(54)47-25-18-14-21-34(53-37(56)24-12-9-16-28-50-41(60)63-67(46)32-6-3)39(58)48-26-19-13-20-33(38(43)57)52-36(55)23-11-8-15-27-49-40(59)62-66(45)31-5-2/h33-34H,4-32,44-46H2,1-3H3,(H2,43,57)(H,47,54)(H,48,58)(H,49,59)(H,50,60)(H,51,61)(H,52,55)(H,53,56). The molecule has 0 saturated carbocycles. The zero-order chi connectivity index (χ0) is 50.1. The highest BCUT2D eigenvalue weighted by molar-refractivity contribution is 7.70. The van der Waals surface area contributed by atoms with Gasteiger partial charge in [-0.05, 0) is 96.3 Å². The van der Waals surface area contributed by atoms with Gasteiger partial charge in [-0.15, -0.1) is 0 Å². The zero-order valence-electron chi connectivity index (χ0n) is 40.3. The van der Waals surface area contributed by atoms with Gasteiger partial charge in [0.05, 0.1) is 0 Å². The Morgan fingerprint density at radius 3 is 1.34 bits per heavy atom. The predicted molar refractivity (Wildman–Crippen MR) is 264 cm³/mol. The Hall–Kier alpha value is -3.51. The minimum Gasteiger partial charge on any atom is -0.413 e. The van der Waals surface area contributed by atoms with E-state index < -0.39 is 54.9 Å². The van der Waals surface area contributed by atoms with Gasteiger partial charge < -0.3 is 52.0 Å². The molecule has 25 heteroatoms. The topological polar surface area (TPSA) is 353 Å². The number of nitrogens with one attached hydrogen (secondary N) is 7. The smallest absolute Gasteiger partial charge is 0.411 e. The van der Waals surface area contributed by atoms with Gasteiger partial charge in [0.2, 0.25) is 29.5 Å². The third kappa shape index (κ3) is 37.1. The van der Waals surface area contributed by atoms with Crippen LogP contribution in [0, 0.1) is 0 Å². The van der Waals surface area contributed by atoms with Crippen molar-refractivity contribution >= 4 is 72.1 Å². The number of rotatable bonds is 42. The minimum absolute atomic E-state index is 0.0874. The van der Waals surface area contributed by atoms with E-state index in [1.54, 1.807) is 0 Å². The molecule has 0 aliphatic rings. The van der Waals surface area contributed by atoms with Crippen LogP contribution in [0.3, 0.4) is 0 Å². The molecular formula is C42H84N11O11P3. The second-order valence-corrected chi connectivity index (χ2v) is 20.8. The van der Waals surface area contributed by atoms with E-state index in [0.29, 0.717) is 128 Å². The molecule has 0 aromatic heterocycles. The van der Waals surface area contributed by atoms with Crippen molar-refractivity contribution in [1.29, 1.82) is 0 Å². The van der Waals surface area contributed by atoms with Gasteiger partial charge in [0.15, 0.2) is 16.6 Å². The zero-order valence-corrected chi connectivity index (χ0v) is 43.0. The molecule has 22 nitrogen and oxygen atoms in total. The fraction of sp³-hybridized carbons (Fsp3) is 0.810. The number of hydrogen-bond donors (Lipinski definition) is 11. The van der Waals surface area contributed by atoms with Gasteiger partial charge in [-0.1, -0.05) is 40.0 Å². The van der Waals surface area contributed by atoms with Crippen LogP contribution >= 0.6 is 24.7 Å². The first-order valence-corrected chi connectivity index (χ1v) is 28.4. The van der Waals surface area contributed by atoms with Crippen molar-refractivity contribution < 1.29 is 52.0 Å². The summed E-state index contributed by atoms with van der Waals surface area (Å²) in [6, 6.07) is -1.68. The highest BCUT2D eigenvalue weighted by Crippen LogP contribution is 2.35. The van der Waals surface area contributed by atoms with Crippen LogP contribution in [0.1, 0.15) is 156 Å². The van der Waals surface area contributed by atoms with Crippen LogP contribution in [-0.4, -0.2) is 111 Å². The summed E-state index contributed by atoms with van der Waals surface area (Å²) in [6.07, 6.45) is 12.5. The van der Waals surface area contributed by atoms with E-state index in [9.17, 15) is 38.4 Å². The van der Waals surface area contributed by atoms with Crippen LogP contribution < -0.4 is 59.9 Å². The monoisotopic (exact) mass is 1010 g/mol. The van der Waals surface area contributed by atoms with Crippen LogP contribution in [0.15, 0.2) is 0 Å². The third-order valence-electron chi connectivity index (χ3n) is 9.92. The minimum atomic E-state index is -1.33. The molecule has 0 aliphatic carbocycles. The molecule has 0 aromatic rings. The molecule has 0 heterocycles. The number of primary amides is 1. The van der Waals surface area contributed by atoms with Gasteiger partial charge in [0, 0.05) is 70.5 Å². The first-order valence-electron chi connectivity index (χ1n) is 24.0. The molecule has 0 saturated heterocycles.